The van der Waals surface area contributed by atoms with E-state index in [-0.39, 0.29) is 51.4 Å². The van der Waals surface area contributed by atoms with Crippen molar-refractivity contribution in [1.29, 1.82) is 5.26 Å². The Morgan fingerprint density at radius 3 is 2.09 bits per heavy atom. The highest BCUT2D eigenvalue weighted by Crippen LogP contribution is 2.48. The summed E-state index contributed by atoms with van der Waals surface area (Å²) in [6.07, 6.45) is 1.48. The third-order valence-corrected chi connectivity index (χ3v) is 9.19. The van der Waals surface area contributed by atoms with Gasteiger partial charge in [0, 0.05) is 39.5 Å². The van der Waals surface area contributed by atoms with Crippen LogP contribution in [0.2, 0.25) is 0 Å². The second kappa shape index (κ2) is 10.7. The van der Waals surface area contributed by atoms with Crippen molar-refractivity contribution in [2.24, 2.45) is 0 Å². The number of nitriles is 1. The molecule has 43 heavy (non-hydrogen) atoms. The van der Waals surface area contributed by atoms with Crippen molar-refractivity contribution in [3.63, 3.8) is 0 Å². The van der Waals surface area contributed by atoms with E-state index in [9.17, 15) is 34.0 Å². The van der Waals surface area contributed by atoms with Gasteiger partial charge in [-0.1, -0.05) is 6.08 Å². The molecule has 0 aromatic heterocycles. The minimum atomic E-state index is -1.23. The van der Waals surface area contributed by atoms with Crippen molar-refractivity contribution in [2.45, 2.75) is 64.3 Å². The largest absolute Gasteiger partial charge is 0.492 e. The highest BCUT2D eigenvalue weighted by atomic mass is 16.5. The highest BCUT2D eigenvalue weighted by Gasteiger charge is 2.62. The first-order valence-electron chi connectivity index (χ1n) is 13.8. The van der Waals surface area contributed by atoms with E-state index in [0.717, 1.165) is 0 Å². The number of carbonyl (C=O) groups excluding carboxylic acids is 6. The van der Waals surface area contributed by atoms with E-state index in [2.05, 4.69) is 6.07 Å². The van der Waals surface area contributed by atoms with Gasteiger partial charge in [-0.3, -0.25) is 33.8 Å². The Bertz CT molecular complexity index is 1630. The molecule has 2 bridgehead atoms. The Labute approximate surface area is 247 Å². The van der Waals surface area contributed by atoms with Crippen molar-refractivity contribution < 1.29 is 43.0 Å². The molecule has 5 atom stereocenters. The second-order valence-electron chi connectivity index (χ2n) is 11.1. The molecule has 0 aromatic rings. The predicted octanol–water partition coefficient (Wildman–Crippen LogP) is 0.834. The maximum Gasteiger partial charge on any atom is 0.333 e. The quantitative estimate of drug-likeness (QED) is 0.193. The third kappa shape index (κ3) is 4.02. The molecule has 5 aliphatic rings. The van der Waals surface area contributed by atoms with E-state index in [1.54, 1.807) is 36.8 Å². The molecule has 0 aromatic carbocycles. The molecule has 224 valence electrons. The van der Waals surface area contributed by atoms with E-state index >= 15 is 0 Å². The summed E-state index contributed by atoms with van der Waals surface area (Å²) in [5, 5.41) is 10.5. The average Bonchev–Trinajstić information content (AvgIpc) is 2.98. The summed E-state index contributed by atoms with van der Waals surface area (Å²) in [5.41, 5.74) is 0.188. The summed E-state index contributed by atoms with van der Waals surface area (Å²) in [7, 11) is 4.12. The molecule has 0 saturated carbocycles. The number of likely N-dealkylation sites (N-methyl/N-ethyl adjacent to an activating group) is 1. The fourth-order valence-electron chi connectivity index (χ4n) is 7.04. The van der Waals surface area contributed by atoms with Gasteiger partial charge in [0.2, 0.25) is 11.6 Å². The number of nitrogens with zero attached hydrogens (tertiary/aromatic N) is 3. The number of hydrogen-bond donors (Lipinski definition) is 0. The van der Waals surface area contributed by atoms with Gasteiger partial charge in [-0.15, -0.1) is 0 Å². The van der Waals surface area contributed by atoms with Gasteiger partial charge in [0.15, 0.2) is 28.9 Å². The van der Waals surface area contributed by atoms with Crippen LogP contribution >= 0.6 is 0 Å². The van der Waals surface area contributed by atoms with Gasteiger partial charge in [-0.05, 0) is 41.2 Å². The fourth-order valence-corrected chi connectivity index (χ4v) is 7.04. The number of piperazine rings is 1. The van der Waals surface area contributed by atoms with Crippen LogP contribution in [0.25, 0.3) is 0 Å². The summed E-state index contributed by atoms with van der Waals surface area (Å²) in [4.78, 5) is 84.7. The zero-order chi connectivity index (χ0) is 31.7. The summed E-state index contributed by atoms with van der Waals surface area (Å²) in [6.45, 7) is 5.67. The topological polar surface area (TPSA) is 160 Å². The lowest BCUT2D eigenvalue weighted by atomic mass is 9.67. The molecule has 0 radical (unpaired) electrons. The lowest BCUT2D eigenvalue weighted by molar-refractivity contribution is -0.147. The molecule has 3 heterocycles. The molecule has 12 nitrogen and oxygen atoms in total. The number of Topliss-reactive ketones (excluding diaryl/α,β-unsaturated/α-hetero) is 5. The van der Waals surface area contributed by atoms with Gasteiger partial charge in [0.05, 0.1) is 37.9 Å². The number of ether oxygens (including phenoxy) is 3. The van der Waals surface area contributed by atoms with Gasteiger partial charge >= 0.3 is 5.97 Å². The number of allylic oxidation sites excluding steroid dienone is 5. The predicted molar refractivity (Wildman–Crippen MR) is 148 cm³/mol. The Hall–Kier alpha value is -4.47. The van der Waals surface area contributed by atoms with E-state index in [4.69, 9.17) is 14.2 Å². The minimum absolute atomic E-state index is 0.00808. The zero-order valence-electron chi connectivity index (χ0n) is 24.9. The van der Waals surface area contributed by atoms with Crippen LogP contribution in [0.3, 0.4) is 0 Å². The number of rotatable bonds is 5. The van der Waals surface area contributed by atoms with Crippen LogP contribution in [0.1, 0.15) is 34.1 Å². The lowest BCUT2D eigenvalue weighted by Crippen LogP contribution is -2.76. The number of methoxy groups -OCH3 is 2. The van der Waals surface area contributed by atoms with Crippen LogP contribution in [0, 0.1) is 11.3 Å². The summed E-state index contributed by atoms with van der Waals surface area (Å²) in [5.74, 6) is -4.05. The molecule has 0 spiro atoms. The third-order valence-electron chi connectivity index (χ3n) is 9.19. The summed E-state index contributed by atoms with van der Waals surface area (Å²) in [6, 6.07) is -3.15. The Morgan fingerprint density at radius 1 is 0.953 bits per heavy atom. The smallest absolute Gasteiger partial charge is 0.333 e. The number of ketones is 5. The van der Waals surface area contributed by atoms with Crippen molar-refractivity contribution >= 4 is 34.9 Å². The van der Waals surface area contributed by atoms with E-state index < -0.39 is 71.7 Å². The first kappa shape index (κ1) is 30.0. The molecular formula is C31H31N3O9. The van der Waals surface area contributed by atoms with Crippen LogP contribution in [0.15, 0.2) is 56.6 Å². The van der Waals surface area contributed by atoms with Crippen LogP contribution in [-0.2, 0) is 43.0 Å². The summed E-state index contributed by atoms with van der Waals surface area (Å²) < 4.78 is 16.2. The van der Waals surface area contributed by atoms with Crippen LogP contribution in [-0.4, -0.2) is 103 Å². The van der Waals surface area contributed by atoms with Crippen molar-refractivity contribution in [3.8, 4) is 6.07 Å². The van der Waals surface area contributed by atoms with Crippen LogP contribution in [0.5, 0.6) is 0 Å². The molecule has 0 N–H and O–H groups in total. The van der Waals surface area contributed by atoms with Crippen molar-refractivity contribution in [3.05, 3.63) is 56.6 Å². The SMILES string of the molecule is C/C=C(/C)C(=O)OC[C@H]1C2=C(C[C@H]3[C@H]4C5=C(C(=O)C(C)=C(OC)C5=O)C(=O)[C@@H]([C@H](C#N)N13)N4C)C(=O)C(C)=C(OC)C2=O. The molecule has 5 rings (SSSR count). The van der Waals surface area contributed by atoms with E-state index in [0.29, 0.717) is 5.57 Å². The Morgan fingerprint density at radius 2 is 1.53 bits per heavy atom. The van der Waals surface area contributed by atoms with Gasteiger partial charge < -0.3 is 14.2 Å². The molecule has 3 aliphatic heterocycles. The Kier molecular flexibility index (Phi) is 7.44. The standard InChI is InChI=1S/C31H31N3O9/c1-8-12(2)31(40)43-11-18-19-15(24(35)13(3)29(41-6)27(19)38)9-16-22-20-21(25(36)14(4)30(42-7)28(20)39)26(37)23(33(22)5)17(10-32)34(16)18/h8,16-18,22-23H,9,11H2,1-7H3/b12-8-/t16-,17-,18-,22-,23+/m0/s1. The number of carbonyl (C=O) groups is 6. The van der Waals surface area contributed by atoms with Gasteiger partial charge in [0.1, 0.15) is 18.7 Å². The van der Waals surface area contributed by atoms with Crippen LogP contribution < -0.4 is 0 Å². The first-order valence-corrected chi connectivity index (χ1v) is 13.8. The fraction of sp³-hybridized carbons (Fsp3) is 0.452. The van der Waals surface area contributed by atoms with Crippen molar-refractivity contribution in [1.82, 2.24) is 9.80 Å². The monoisotopic (exact) mass is 589 g/mol. The summed E-state index contributed by atoms with van der Waals surface area (Å²) >= 11 is 0. The molecule has 1 saturated heterocycles. The van der Waals surface area contributed by atoms with E-state index in [1.165, 1.54) is 28.1 Å². The molecule has 1 fully saturated rings. The highest BCUT2D eigenvalue weighted by molar-refractivity contribution is 6.37. The maximum atomic E-state index is 14.0. The first-order chi connectivity index (χ1) is 20.4. The normalized spacial score (nSPS) is 29.9. The second-order valence-corrected chi connectivity index (χ2v) is 11.1. The molecule has 0 unspecified atom stereocenters. The maximum absolute atomic E-state index is 14.0. The van der Waals surface area contributed by atoms with Gasteiger partial charge in [-0.25, -0.2) is 4.79 Å². The molecular weight excluding hydrogens is 558 g/mol. The van der Waals surface area contributed by atoms with Gasteiger partial charge in [0.25, 0.3) is 0 Å². The minimum Gasteiger partial charge on any atom is -0.492 e. The van der Waals surface area contributed by atoms with Crippen LogP contribution in [0.4, 0.5) is 0 Å². The average molecular weight is 590 g/mol. The van der Waals surface area contributed by atoms with Gasteiger partial charge in [-0.2, -0.15) is 5.26 Å². The van der Waals surface area contributed by atoms with E-state index in [1.807, 2.05) is 0 Å². The molecule has 2 aliphatic carbocycles. The Balaban J connectivity index is 1.74. The molecule has 12 heteroatoms. The molecule has 0 amide bonds. The number of hydrogen-bond acceptors (Lipinski definition) is 12. The lowest BCUT2D eigenvalue weighted by Gasteiger charge is -2.59. The van der Waals surface area contributed by atoms with Crippen molar-refractivity contribution in [2.75, 3.05) is 27.9 Å². The number of esters is 1. The number of fused-ring (bicyclic) bond motifs is 5. The zero-order valence-corrected chi connectivity index (χ0v) is 24.9.